The van der Waals surface area contributed by atoms with Crippen LogP contribution in [0, 0.1) is 5.41 Å². The summed E-state index contributed by atoms with van der Waals surface area (Å²) in [5.41, 5.74) is 9.48. The molecule has 1 aliphatic rings. The lowest BCUT2D eigenvalue weighted by Crippen LogP contribution is -2.05. The number of hydrazone groups is 1. The summed E-state index contributed by atoms with van der Waals surface area (Å²) in [5, 5.41) is 7.00. The minimum Gasteiger partial charge on any atom is -0.279 e. The molecule has 1 N–H and O–H groups in total. The Morgan fingerprint density at radius 1 is 0.893 bits per heavy atom. The predicted octanol–water partition coefficient (Wildman–Crippen LogP) is 7.05. The number of hydrogen-bond acceptors (Lipinski definition) is 2. The lowest BCUT2D eigenvalue weighted by atomic mass is 9.87. The summed E-state index contributed by atoms with van der Waals surface area (Å²) < 4.78 is 0. The maximum absolute atomic E-state index is 4.54. The van der Waals surface area contributed by atoms with E-state index in [1.54, 1.807) is 0 Å². The summed E-state index contributed by atoms with van der Waals surface area (Å²) >= 11 is 0. The van der Waals surface area contributed by atoms with Gasteiger partial charge in [0, 0.05) is 5.56 Å². The highest BCUT2D eigenvalue weighted by Gasteiger charge is 2.21. The Hall–Kier alpha value is -3.13. The Labute approximate surface area is 167 Å². The lowest BCUT2D eigenvalue weighted by Gasteiger charge is -2.18. The quantitative estimate of drug-likeness (QED) is 0.388. The van der Waals surface area contributed by atoms with Crippen molar-refractivity contribution in [2.24, 2.45) is 10.5 Å². The van der Waals surface area contributed by atoms with Crippen molar-refractivity contribution in [1.82, 2.24) is 0 Å². The monoisotopic (exact) mass is 366 g/mol. The number of allylic oxidation sites excluding steroid dienone is 4. The van der Waals surface area contributed by atoms with E-state index in [2.05, 4.69) is 79.8 Å². The molecule has 1 aliphatic carbocycles. The van der Waals surface area contributed by atoms with Crippen molar-refractivity contribution in [1.29, 1.82) is 0 Å². The molecule has 0 fully saturated rings. The first-order valence-corrected chi connectivity index (χ1v) is 9.80. The van der Waals surface area contributed by atoms with E-state index in [4.69, 9.17) is 0 Å². The molecule has 2 nitrogen and oxygen atoms in total. The van der Waals surface area contributed by atoms with Gasteiger partial charge >= 0.3 is 0 Å². The fourth-order valence-corrected chi connectivity index (χ4v) is 3.63. The smallest absolute Gasteiger partial charge is 0.0561 e. The van der Waals surface area contributed by atoms with Gasteiger partial charge in [-0.15, -0.1) is 0 Å². The van der Waals surface area contributed by atoms with E-state index < -0.39 is 0 Å². The van der Waals surface area contributed by atoms with E-state index >= 15 is 0 Å². The summed E-state index contributed by atoms with van der Waals surface area (Å²) in [6.45, 7) is 6.81. The van der Waals surface area contributed by atoms with E-state index in [1.807, 2.05) is 36.5 Å². The third-order valence-corrected chi connectivity index (χ3v) is 5.22. The molecule has 0 unspecified atom stereocenters. The first-order valence-electron chi connectivity index (χ1n) is 9.80. The average molecular weight is 367 g/mol. The molecular weight excluding hydrogens is 340 g/mol. The second-order valence-electron chi connectivity index (χ2n) is 8.27. The molecule has 0 heterocycles. The Morgan fingerprint density at radius 3 is 2.39 bits per heavy atom. The molecule has 0 spiro atoms. The third kappa shape index (κ3) is 3.77. The molecule has 2 heteroatoms. The maximum Gasteiger partial charge on any atom is 0.0561 e. The summed E-state index contributed by atoms with van der Waals surface area (Å²) in [6.07, 6.45) is 7.64. The van der Waals surface area contributed by atoms with Gasteiger partial charge in [-0.1, -0.05) is 87.5 Å². The van der Waals surface area contributed by atoms with Gasteiger partial charge in [0.2, 0.25) is 0 Å². The Morgan fingerprint density at radius 2 is 1.64 bits per heavy atom. The van der Waals surface area contributed by atoms with Crippen LogP contribution >= 0.6 is 0 Å². The second-order valence-corrected chi connectivity index (χ2v) is 8.27. The van der Waals surface area contributed by atoms with Crippen LogP contribution < -0.4 is 5.43 Å². The van der Waals surface area contributed by atoms with Gasteiger partial charge in [-0.3, -0.25) is 5.43 Å². The van der Waals surface area contributed by atoms with Gasteiger partial charge in [-0.05, 0) is 51.5 Å². The molecule has 0 saturated heterocycles. The Bertz CT molecular complexity index is 1080. The zero-order valence-electron chi connectivity index (χ0n) is 16.7. The fraction of sp³-hybridized carbons (Fsp3) is 0.192. The van der Waals surface area contributed by atoms with E-state index in [0.717, 1.165) is 17.7 Å². The molecule has 0 saturated carbocycles. The normalized spacial score (nSPS) is 14.4. The first-order chi connectivity index (χ1) is 13.5. The standard InChI is InChI=1S/C26H26N2/c1-26(2,3)21-15-13-20(17-21)24-16-14-19-9-7-8-12-23(19)25(24)18-27-28-22-10-5-4-6-11-22/h4-12,14-18,28H,13H2,1-3H3. The number of anilines is 1. The minimum atomic E-state index is 0.168. The van der Waals surface area contributed by atoms with Crippen LogP contribution in [0.5, 0.6) is 0 Å². The molecule has 4 rings (SSSR count). The second kappa shape index (κ2) is 7.47. The van der Waals surface area contributed by atoms with E-state index in [1.165, 1.54) is 27.5 Å². The van der Waals surface area contributed by atoms with Crippen molar-refractivity contribution in [3.05, 3.63) is 95.6 Å². The largest absolute Gasteiger partial charge is 0.279 e. The highest BCUT2D eigenvalue weighted by molar-refractivity contribution is 6.05. The minimum absolute atomic E-state index is 0.168. The fourth-order valence-electron chi connectivity index (χ4n) is 3.63. The van der Waals surface area contributed by atoms with Crippen LogP contribution in [-0.4, -0.2) is 6.21 Å². The highest BCUT2D eigenvalue weighted by atomic mass is 15.3. The topological polar surface area (TPSA) is 24.4 Å². The molecule has 3 aromatic carbocycles. The van der Waals surface area contributed by atoms with Gasteiger partial charge < -0.3 is 0 Å². The molecule has 0 radical (unpaired) electrons. The van der Waals surface area contributed by atoms with E-state index in [-0.39, 0.29) is 5.41 Å². The number of hydrogen-bond donors (Lipinski definition) is 1. The summed E-state index contributed by atoms with van der Waals surface area (Å²) in [7, 11) is 0. The number of nitrogens with one attached hydrogen (secondary N) is 1. The van der Waals surface area contributed by atoms with Crippen molar-refractivity contribution >= 4 is 28.2 Å². The molecule has 0 bridgehead atoms. The lowest BCUT2D eigenvalue weighted by molar-refractivity contribution is 0.518. The molecule has 28 heavy (non-hydrogen) atoms. The van der Waals surface area contributed by atoms with Crippen LogP contribution in [0.1, 0.15) is 38.3 Å². The summed E-state index contributed by atoms with van der Waals surface area (Å²) in [4.78, 5) is 0. The number of fused-ring (bicyclic) bond motifs is 1. The first kappa shape index (κ1) is 18.2. The van der Waals surface area contributed by atoms with Crippen LogP contribution in [0.25, 0.3) is 16.3 Å². The Balaban J connectivity index is 1.74. The molecule has 0 amide bonds. The van der Waals surface area contributed by atoms with Crippen LogP contribution in [0.4, 0.5) is 5.69 Å². The van der Waals surface area contributed by atoms with Crippen LogP contribution in [0.2, 0.25) is 0 Å². The molecule has 0 atom stereocenters. The van der Waals surface area contributed by atoms with Crippen LogP contribution in [0.15, 0.2) is 89.6 Å². The SMILES string of the molecule is CC(C)(C)C1=CCC(c2ccc3ccccc3c2C=NNc2ccccc2)=C1. The average Bonchev–Trinajstić information content (AvgIpc) is 3.19. The van der Waals surface area contributed by atoms with Gasteiger partial charge in [-0.25, -0.2) is 0 Å². The molecule has 0 aromatic heterocycles. The van der Waals surface area contributed by atoms with Gasteiger partial charge in [0.05, 0.1) is 11.9 Å². The number of para-hydroxylation sites is 1. The molecule has 0 aliphatic heterocycles. The van der Waals surface area contributed by atoms with Gasteiger partial charge in [0.25, 0.3) is 0 Å². The predicted molar refractivity (Wildman–Crippen MR) is 122 cm³/mol. The zero-order chi connectivity index (χ0) is 19.6. The van der Waals surface area contributed by atoms with Crippen LogP contribution in [0.3, 0.4) is 0 Å². The van der Waals surface area contributed by atoms with Crippen molar-refractivity contribution in [3.8, 4) is 0 Å². The van der Waals surface area contributed by atoms with E-state index in [9.17, 15) is 0 Å². The van der Waals surface area contributed by atoms with Gasteiger partial charge in [0.1, 0.15) is 0 Å². The zero-order valence-corrected chi connectivity index (χ0v) is 16.7. The number of benzene rings is 3. The van der Waals surface area contributed by atoms with Crippen molar-refractivity contribution < 1.29 is 0 Å². The van der Waals surface area contributed by atoms with Crippen molar-refractivity contribution in [2.45, 2.75) is 27.2 Å². The van der Waals surface area contributed by atoms with Crippen molar-refractivity contribution in [3.63, 3.8) is 0 Å². The number of rotatable bonds is 4. The molecular formula is C26H26N2. The molecule has 140 valence electrons. The van der Waals surface area contributed by atoms with Gasteiger partial charge in [-0.2, -0.15) is 5.10 Å². The number of nitrogens with zero attached hydrogens (tertiary/aromatic N) is 1. The Kier molecular flexibility index (Phi) is 4.87. The van der Waals surface area contributed by atoms with Crippen LogP contribution in [-0.2, 0) is 0 Å². The highest BCUT2D eigenvalue weighted by Crippen LogP contribution is 2.38. The van der Waals surface area contributed by atoms with E-state index in [0.29, 0.717) is 0 Å². The molecule has 3 aromatic rings. The maximum atomic E-state index is 4.54. The van der Waals surface area contributed by atoms with Gasteiger partial charge in [0.15, 0.2) is 0 Å². The summed E-state index contributed by atoms with van der Waals surface area (Å²) in [5.74, 6) is 0. The summed E-state index contributed by atoms with van der Waals surface area (Å²) in [6, 6.07) is 23.0. The van der Waals surface area contributed by atoms with Crippen molar-refractivity contribution in [2.75, 3.05) is 5.43 Å². The third-order valence-electron chi connectivity index (χ3n) is 5.22.